The van der Waals surface area contributed by atoms with Crippen molar-refractivity contribution in [2.75, 3.05) is 6.54 Å². The largest absolute Gasteiger partial charge is 0.478 e. The van der Waals surface area contributed by atoms with Gasteiger partial charge in [0.1, 0.15) is 11.5 Å². The number of nitrogens with zero attached hydrogens (tertiary/aromatic N) is 2. The van der Waals surface area contributed by atoms with Crippen molar-refractivity contribution >= 4 is 11.9 Å². The van der Waals surface area contributed by atoms with Gasteiger partial charge in [-0.1, -0.05) is 6.42 Å². The third kappa shape index (κ3) is 4.81. The molecule has 24 heavy (non-hydrogen) atoms. The molecular weight excluding hydrogens is 320 g/mol. The van der Waals surface area contributed by atoms with Crippen molar-refractivity contribution in [1.29, 1.82) is 0 Å². The molecule has 2 rings (SSSR count). The van der Waals surface area contributed by atoms with Crippen LogP contribution in [0.5, 0.6) is 0 Å². The van der Waals surface area contributed by atoms with Crippen molar-refractivity contribution in [3.05, 3.63) is 34.9 Å². The molecule has 0 atom stereocenters. The number of carbonyl (C=O) groups excluding carboxylic acids is 1. The Bertz CT molecular complexity index is 647. The van der Waals surface area contributed by atoms with Crippen LogP contribution in [0.1, 0.15) is 50.0 Å². The van der Waals surface area contributed by atoms with Crippen LogP contribution in [0.15, 0.2) is 23.4 Å². The van der Waals surface area contributed by atoms with Crippen molar-refractivity contribution in [2.45, 2.75) is 45.0 Å². The van der Waals surface area contributed by atoms with Crippen LogP contribution in [0.2, 0.25) is 0 Å². The predicted molar refractivity (Wildman–Crippen MR) is 81.4 cm³/mol. The minimum Gasteiger partial charge on any atom is -0.478 e. The molecule has 0 bridgehead atoms. The summed E-state index contributed by atoms with van der Waals surface area (Å²) in [6.45, 7) is 0.155. The molecule has 1 amide bonds. The van der Waals surface area contributed by atoms with Crippen LogP contribution in [0, 0.1) is 0 Å². The molecule has 0 radical (unpaired) electrons. The quantitative estimate of drug-likeness (QED) is 0.830. The zero-order valence-electron chi connectivity index (χ0n) is 13.1. The number of hydrogen-bond acceptors (Lipinski definition) is 4. The number of amides is 1. The van der Waals surface area contributed by atoms with Crippen LogP contribution >= 0.6 is 0 Å². The molecule has 1 aromatic rings. The van der Waals surface area contributed by atoms with E-state index in [1.165, 1.54) is 6.20 Å². The summed E-state index contributed by atoms with van der Waals surface area (Å²) < 4.78 is 25.2. The molecule has 0 fully saturated rings. The van der Waals surface area contributed by atoms with E-state index in [9.17, 15) is 23.5 Å². The minimum atomic E-state index is -2.67. The lowest BCUT2D eigenvalue weighted by molar-refractivity contribution is -0.133. The summed E-state index contributed by atoms with van der Waals surface area (Å²) in [5.74, 6) is -1.27. The molecule has 1 aromatic heterocycles. The van der Waals surface area contributed by atoms with Crippen LogP contribution in [0.3, 0.4) is 0 Å². The molecule has 2 N–H and O–H groups in total. The Morgan fingerprint density at radius 3 is 2.58 bits per heavy atom. The molecule has 0 unspecified atom stereocenters. The molecule has 0 aliphatic heterocycles. The lowest BCUT2D eigenvalue weighted by Crippen LogP contribution is -2.29. The van der Waals surface area contributed by atoms with Crippen molar-refractivity contribution in [3.63, 3.8) is 0 Å². The Morgan fingerprint density at radius 1 is 1.21 bits per heavy atom. The maximum absolute atomic E-state index is 12.6. The van der Waals surface area contributed by atoms with Gasteiger partial charge in [-0.05, 0) is 31.7 Å². The second-order valence-corrected chi connectivity index (χ2v) is 5.53. The van der Waals surface area contributed by atoms with Crippen molar-refractivity contribution in [2.24, 2.45) is 0 Å². The van der Waals surface area contributed by atoms with Gasteiger partial charge in [0.25, 0.3) is 6.43 Å². The highest BCUT2D eigenvalue weighted by Crippen LogP contribution is 2.24. The van der Waals surface area contributed by atoms with E-state index in [4.69, 9.17) is 0 Å². The van der Waals surface area contributed by atoms with Gasteiger partial charge in [0.2, 0.25) is 5.91 Å². The fourth-order valence-corrected chi connectivity index (χ4v) is 2.62. The number of nitrogens with one attached hydrogen (secondary N) is 1. The van der Waals surface area contributed by atoms with Crippen LogP contribution in [0.25, 0.3) is 0 Å². The minimum absolute atomic E-state index is 0.155. The number of carboxylic acids is 1. The number of rotatable bonds is 6. The molecule has 0 aromatic carbocycles. The van der Waals surface area contributed by atoms with Crippen LogP contribution in [-0.2, 0) is 16.0 Å². The molecule has 6 nitrogen and oxygen atoms in total. The van der Waals surface area contributed by atoms with Gasteiger partial charge in [0.05, 0.1) is 0 Å². The zero-order chi connectivity index (χ0) is 17.5. The lowest BCUT2D eigenvalue weighted by atomic mass is 10.0. The Kier molecular flexibility index (Phi) is 6.34. The smallest absolute Gasteiger partial charge is 0.332 e. The number of aliphatic carboxylic acids is 1. The van der Waals surface area contributed by atoms with Gasteiger partial charge in [-0.2, -0.15) is 0 Å². The molecule has 8 heteroatoms. The molecule has 0 saturated carbocycles. The Hall–Kier alpha value is -2.38. The summed E-state index contributed by atoms with van der Waals surface area (Å²) in [5, 5.41) is 11.9. The number of alkyl halides is 2. The summed E-state index contributed by atoms with van der Waals surface area (Å²) in [4.78, 5) is 31.1. The lowest BCUT2D eigenvalue weighted by Gasteiger charge is -2.10. The highest BCUT2D eigenvalue weighted by molar-refractivity contribution is 6.02. The normalized spacial score (nSPS) is 15.3. The summed E-state index contributed by atoms with van der Waals surface area (Å²) in [5.41, 5.74) is 0.120. The highest BCUT2D eigenvalue weighted by Gasteiger charge is 2.22. The SMILES string of the molecule is O=C(O)C1=C(C(=O)NCCc2nccc(C(F)F)n2)CCCCC1. The van der Waals surface area contributed by atoms with Crippen molar-refractivity contribution in [1.82, 2.24) is 15.3 Å². The molecule has 1 heterocycles. The Balaban J connectivity index is 1.97. The molecule has 130 valence electrons. The fraction of sp³-hybridized carbons (Fsp3) is 0.500. The van der Waals surface area contributed by atoms with Crippen LogP contribution in [0.4, 0.5) is 8.78 Å². The number of halogens is 2. The van der Waals surface area contributed by atoms with E-state index in [1.54, 1.807) is 0 Å². The maximum atomic E-state index is 12.6. The highest BCUT2D eigenvalue weighted by atomic mass is 19.3. The van der Waals surface area contributed by atoms with Crippen LogP contribution in [-0.4, -0.2) is 33.5 Å². The van der Waals surface area contributed by atoms with Crippen LogP contribution < -0.4 is 5.32 Å². The van der Waals surface area contributed by atoms with E-state index in [0.29, 0.717) is 18.4 Å². The maximum Gasteiger partial charge on any atom is 0.332 e. The summed E-state index contributed by atoms with van der Waals surface area (Å²) in [6.07, 6.45) is 2.02. The van der Waals surface area contributed by atoms with E-state index in [1.807, 2.05) is 0 Å². The fourth-order valence-electron chi connectivity index (χ4n) is 2.62. The number of hydrogen-bond donors (Lipinski definition) is 2. The summed E-state index contributed by atoms with van der Waals surface area (Å²) in [7, 11) is 0. The van der Waals surface area contributed by atoms with E-state index in [-0.39, 0.29) is 30.1 Å². The van der Waals surface area contributed by atoms with Crippen molar-refractivity contribution in [3.8, 4) is 0 Å². The standard InChI is InChI=1S/C16H19F2N3O3/c17-14(18)12-6-8-19-13(21-12)7-9-20-15(22)10-4-2-1-3-5-11(10)16(23)24/h6,8,14H,1-5,7,9H2,(H,20,22)(H,23,24). The van der Waals surface area contributed by atoms with E-state index in [2.05, 4.69) is 15.3 Å². The summed E-state index contributed by atoms with van der Waals surface area (Å²) in [6, 6.07) is 1.14. The topological polar surface area (TPSA) is 92.2 Å². The van der Waals surface area contributed by atoms with Gasteiger partial charge >= 0.3 is 5.97 Å². The van der Waals surface area contributed by atoms with E-state index < -0.39 is 18.3 Å². The number of aromatic nitrogens is 2. The third-order valence-electron chi connectivity index (χ3n) is 3.83. The van der Waals surface area contributed by atoms with Crippen molar-refractivity contribution < 1.29 is 23.5 Å². The monoisotopic (exact) mass is 339 g/mol. The van der Waals surface area contributed by atoms with E-state index >= 15 is 0 Å². The molecule has 1 aliphatic rings. The second kappa shape index (κ2) is 8.47. The number of carbonyl (C=O) groups is 2. The first kappa shape index (κ1) is 18.0. The molecule has 0 saturated heterocycles. The van der Waals surface area contributed by atoms with Gasteiger partial charge in [-0.25, -0.2) is 23.5 Å². The van der Waals surface area contributed by atoms with Gasteiger partial charge in [0, 0.05) is 30.3 Å². The first-order valence-electron chi connectivity index (χ1n) is 7.82. The summed E-state index contributed by atoms with van der Waals surface area (Å²) >= 11 is 0. The predicted octanol–water partition coefficient (Wildman–Crippen LogP) is 2.42. The molecular formula is C16H19F2N3O3. The third-order valence-corrected chi connectivity index (χ3v) is 3.83. The number of carboxylic acid groups (broad SMARTS) is 1. The van der Waals surface area contributed by atoms with Gasteiger partial charge in [0.15, 0.2) is 0 Å². The van der Waals surface area contributed by atoms with Gasteiger partial charge < -0.3 is 10.4 Å². The zero-order valence-corrected chi connectivity index (χ0v) is 13.1. The molecule has 1 aliphatic carbocycles. The first-order chi connectivity index (χ1) is 11.5. The molecule has 0 spiro atoms. The first-order valence-corrected chi connectivity index (χ1v) is 7.82. The van der Waals surface area contributed by atoms with E-state index in [0.717, 1.165) is 25.3 Å². The average molecular weight is 339 g/mol. The Labute approximate surface area is 138 Å². The second-order valence-electron chi connectivity index (χ2n) is 5.53. The van der Waals surface area contributed by atoms with Gasteiger partial charge in [-0.3, -0.25) is 4.79 Å². The average Bonchev–Trinajstić information content (AvgIpc) is 2.81. The van der Waals surface area contributed by atoms with Gasteiger partial charge in [-0.15, -0.1) is 0 Å². The Morgan fingerprint density at radius 2 is 1.92 bits per heavy atom.